The Balaban J connectivity index is 0.00000128. The topological polar surface area (TPSA) is 97.9 Å². The molecule has 0 spiro atoms. The highest BCUT2D eigenvalue weighted by atomic mass is 35.5. The molecule has 1 aliphatic heterocycles. The molecule has 1 aliphatic rings. The molecule has 0 bridgehead atoms. The third kappa shape index (κ3) is 3.71. The molecule has 0 amide bonds. The Kier molecular flexibility index (Phi) is 6.57. The molecular formula is C20H20Cl2N8. The van der Waals surface area contributed by atoms with Crippen LogP contribution in [0.1, 0.15) is 5.56 Å². The molecule has 10 heteroatoms. The smallest absolute Gasteiger partial charge is 0.128 e. The third-order valence-electron chi connectivity index (χ3n) is 5.04. The second-order valence-electron chi connectivity index (χ2n) is 6.68. The van der Waals surface area contributed by atoms with Gasteiger partial charge in [0.15, 0.2) is 0 Å². The van der Waals surface area contributed by atoms with Gasteiger partial charge in [-0.25, -0.2) is 9.50 Å². The van der Waals surface area contributed by atoms with Crippen molar-refractivity contribution < 1.29 is 0 Å². The molecule has 0 atom stereocenters. The van der Waals surface area contributed by atoms with Crippen molar-refractivity contribution in [1.29, 1.82) is 5.26 Å². The van der Waals surface area contributed by atoms with Gasteiger partial charge in [-0.3, -0.25) is 5.10 Å². The zero-order chi connectivity index (χ0) is 18.9. The van der Waals surface area contributed by atoms with Crippen molar-refractivity contribution in [3.63, 3.8) is 0 Å². The van der Waals surface area contributed by atoms with Crippen LogP contribution >= 0.6 is 24.8 Å². The minimum absolute atomic E-state index is 0. The zero-order valence-corrected chi connectivity index (χ0v) is 17.6. The van der Waals surface area contributed by atoms with E-state index in [4.69, 9.17) is 0 Å². The molecule has 0 radical (unpaired) electrons. The van der Waals surface area contributed by atoms with Crippen molar-refractivity contribution in [3.05, 3.63) is 54.6 Å². The number of aromatic nitrogens is 5. The van der Waals surface area contributed by atoms with Gasteiger partial charge in [0, 0.05) is 61.5 Å². The number of hydrogen-bond acceptors (Lipinski definition) is 6. The Morgan fingerprint density at radius 3 is 2.53 bits per heavy atom. The Morgan fingerprint density at radius 1 is 1.03 bits per heavy atom. The fourth-order valence-corrected chi connectivity index (χ4v) is 3.65. The van der Waals surface area contributed by atoms with E-state index in [0.717, 1.165) is 54.2 Å². The molecule has 0 aromatic carbocycles. The highest BCUT2D eigenvalue weighted by Crippen LogP contribution is 2.32. The largest absolute Gasteiger partial charge is 0.354 e. The molecule has 0 aliphatic carbocycles. The number of H-pyrrole nitrogens is 1. The van der Waals surface area contributed by atoms with Crippen LogP contribution in [0.3, 0.4) is 0 Å². The lowest BCUT2D eigenvalue weighted by Gasteiger charge is -2.28. The van der Waals surface area contributed by atoms with E-state index in [1.807, 2.05) is 30.6 Å². The van der Waals surface area contributed by atoms with Gasteiger partial charge in [-0.15, -0.1) is 24.8 Å². The van der Waals surface area contributed by atoms with Crippen LogP contribution in [0.25, 0.3) is 27.9 Å². The first-order valence-corrected chi connectivity index (χ1v) is 9.18. The van der Waals surface area contributed by atoms with Gasteiger partial charge >= 0.3 is 0 Å². The highest BCUT2D eigenvalue weighted by Gasteiger charge is 2.19. The van der Waals surface area contributed by atoms with Crippen LogP contribution in [0.5, 0.6) is 0 Å². The van der Waals surface area contributed by atoms with Crippen LogP contribution in [0.15, 0.2) is 49.1 Å². The predicted molar refractivity (Wildman–Crippen MR) is 120 cm³/mol. The third-order valence-corrected chi connectivity index (χ3v) is 5.04. The number of hydrogen-bond donors (Lipinski definition) is 2. The van der Waals surface area contributed by atoms with Crippen LogP contribution in [0.2, 0.25) is 0 Å². The van der Waals surface area contributed by atoms with Gasteiger partial charge in [-0.2, -0.15) is 15.5 Å². The van der Waals surface area contributed by atoms with Crippen molar-refractivity contribution in [2.75, 3.05) is 31.1 Å². The van der Waals surface area contributed by atoms with E-state index < -0.39 is 0 Å². The number of nitrogens with one attached hydrogen (secondary N) is 2. The van der Waals surface area contributed by atoms with Gasteiger partial charge in [0.1, 0.15) is 23.1 Å². The highest BCUT2D eigenvalue weighted by molar-refractivity contribution is 5.89. The summed E-state index contributed by atoms with van der Waals surface area (Å²) < 4.78 is 1.75. The van der Waals surface area contributed by atoms with Crippen molar-refractivity contribution in [2.24, 2.45) is 0 Å². The van der Waals surface area contributed by atoms with E-state index in [-0.39, 0.29) is 24.8 Å². The molecular weight excluding hydrogens is 423 g/mol. The molecule has 5 rings (SSSR count). The maximum atomic E-state index is 9.83. The molecule has 2 N–H and O–H groups in total. The summed E-state index contributed by atoms with van der Waals surface area (Å²) in [5, 5.41) is 24.5. The molecule has 30 heavy (non-hydrogen) atoms. The van der Waals surface area contributed by atoms with E-state index in [0.29, 0.717) is 11.3 Å². The van der Waals surface area contributed by atoms with Crippen molar-refractivity contribution in [3.8, 4) is 28.5 Å². The molecule has 0 saturated carbocycles. The van der Waals surface area contributed by atoms with Crippen LogP contribution < -0.4 is 10.2 Å². The Labute approximate surface area is 185 Å². The molecule has 8 nitrogen and oxygen atoms in total. The molecule has 154 valence electrons. The van der Waals surface area contributed by atoms with Gasteiger partial charge in [0.25, 0.3) is 0 Å². The number of aromatic amines is 1. The van der Waals surface area contributed by atoms with Gasteiger partial charge in [0.2, 0.25) is 0 Å². The van der Waals surface area contributed by atoms with Crippen LogP contribution in [-0.4, -0.2) is 51.0 Å². The number of piperazine rings is 1. The van der Waals surface area contributed by atoms with Crippen LogP contribution in [0, 0.1) is 11.3 Å². The average Bonchev–Trinajstić information content (AvgIpc) is 3.42. The molecule has 0 unspecified atom stereocenters. The fraction of sp³-hybridized carbons (Fsp3) is 0.200. The summed E-state index contributed by atoms with van der Waals surface area (Å²) >= 11 is 0. The first kappa shape index (κ1) is 21.6. The van der Waals surface area contributed by atoms with E-state index in [1.165, 1.54) is 0 Å². The minimum Gasteiger partial charge on any atom is -0.354 e. The number of halogens is 2. The zero-order valence-electron chi connectivity index (χ0n) is 15.9. The summed E-state index contributed by atoms with van der Waals surface area (Å²) in [5.74, 6) is 0.977. The summed E-state index contributed by atoms with van der Waals surface area (Å²) in [4.78, 5) is 6.94. The Bertz CT molecular complexity index is 1160. The quantitative estimate of drug-likeness (QED) is 0.506. The lowest BCUT2D eigenvalue weighted by Crippen LogP contribution is -2.43. The van der Waals surface area contributed by atoms with Crippen molar-refractivity contribution >= 4 is 36.1 Å². The first-order chi connectivity index (χ1) is 13.8. The van der Waals surface area contributed by atoms with Crippen molar-refractivity contribution in [2.45, 2.75) is 0 Å². The Morgan fingerprint density at radius 2 is 1.87 bits per heavy atom. The van der Waals surface area contributed by atoms with Crippen LogP contribution in [-0.2, 0) is 0 Å². The number of rotatable bonds is 3. The van der Waals surface area contributed by atoms with E-state index in [2.05, 4.69) is 42.6 Å². The minimum atomic E-state index is 0. The monoisotopic (exact) mass is 442 g/mol. The van der Waals surface area contributed by atoms with Crippen LogP contribution in [0.4, 0.5) is 5.82 Å². The number of fused-ring (bicyclic) bond motifs is 1. The number of nitrogens with zero attached hydrogens (tertiary/aromatic N) is 6. The second kappa shape index (κ2) is 9.13. The first-order valence-electron chi connectivity index (χ1n) is 9.18. The Hall–Kier alpha value is -3.12. The fourth-order valence-electron chi connectivity index (χ4n) is 3.65. The average molecular weight is 443 g/mol. The molecule has 1 fully saturated rings. The lowest BCUT2D eigenvalue weighted by molar-refractivity contribution is 0.585. The molecule has 4 aromatic heterocycles. The predicted octanol–water partition coefficient (Wildman–Crippen LogP) is 2.91. The van der Waals surface area contributed by atoms with Gasteiger partial charge in [-0.05, 0) is 18.2 Å². The number of pyridine rings is 2. The summed E-state index contributed by atoms with van der Waals surface area (Å²) in [5.41, 5.74) is 4.61. The van der Waals surface area contributed by atoms with Gasteiger partial charge < -0.3 is 10.2 Å². The second-order valence-corrected chi connectivity index (χ2v) is 6.68. The summed E-state index contributed by atoms with van der Waals surface area (Å²) in [6.45, 7) is 3.86. The molecule has 1 saturated heterocycles. The SMILES string of the molecule is Cl.Cl.N#Cc1c(-c2cn[nH]c2)nn2cccc(-c3ccc(N4CCNCC4)nc3)c12. The van der Waals surface area contributed by atoms with Gasteiger partial charge in [-0.1, -0.05) is 6.07 Å². The summed E-state index contributed by atoms with van der Waals surface area (Å²) in [6.07, 6.45) is 7.14. The van der Waals surface area contributed by atoms with Crippen molar-refractivity contribution in [1.82, 2.24) is 30.1 Å². The number of anilines is 1. The lowest BCUT2D eigenvalue weighted by atomic mass is 10.0. The van der Waals surface area contributed by atoms with E-state index in [1.54, 1.807) is 16.9 Å². The normalized spacial score (nSPS) is 13.4. The van der Waals surface area contributed by atoms with E-state index in [9.17, 15) is 5.26 Å². The summed E-state index contributed by atoms with van der Waals surface area (Å²) in [7, 11) is 0. The number of nitriles is 1. The molecule has 5 heterocycles. The standard InChI is InChI=1S/C20H18N8.2ClH/c21-10-17-19(15-12-24-25-13-15)26-28-7-1-2-16(20(17)28)14-3-4-18(23-11-14)27-8-5-22-6-9-27;;/h1-4,7,11-13,22H,5-6,8-9H2,(H,24,25);2*1H. The maximum absolute atomic E-state index is 9.83. The maximum Gasteiger partial charge on any atom is 0.128 e. The van der Waals surface area contributed by atoms with Gasteiger partial charge in [0.05, 0.1) is 11.7 Å². The summed E-state index contributed by atoms with van der Waals surface area (Å²) in [6, 6.07) is 10.4. The van der Waals surface area contributed by atoms with E-state index >= 15 is 0 Å². The molecule has 4 aromatic rings.